The van der Waals surface area contributed by atoms with E-state index in [1.54, 1.807) is 4.90 Å². The molecule has 0 bridgehead atoms. The highest BCUT2D eigenvalue weighted by atomic mass is 16.5. The molecule has 2 aliphatic heterocycles. The fourth-order valence-corrected chi connectivity index (χ4v) is 2.19. The number of amides is 1. The summed E-state index contributed by atoms with van der Waals surface area (Å²) in [6.07, 6.45) is 2.06. The molecule has 0 aromatic rings. The van der Waals surface area contributed by atoms with Gasteiger partial charge < -0.3 is 9.64 Å². The van der Waals surface area contributed by atoms with Crippen LogP contribution in [0.25, 0.3) is 0 Å². The number of carbonyl (C=O) groups excluding carboxylic acids is 2. The van der Waals surface area contributed by atoms with E-state index >= 15 is 0 Å². The SMILES string of the molecule is CC(=O)O[C@H]1CC(=O)N2CC=C(C)C12. The van der Waals surface area contributed by atoms with Crippen molar-refractivity contribution in [3.63, 3.8) is 0 Å². The zero-order valence-corrected chi connectivity index (χ0v) is 8.32. The maximum atomic E-state index is 11.5. The second kappa shape index (κ2) is 3.12. The highest BCUT2D eigenvalue weighted by Gasteiger charge is 2.44. The molecule has 0 aromatic carbocycles. The normalized spacial score (nSPS) is 30.3. The maximum Gasteiger partial charge on any atom is 0.303 e. The van der Waals surface area contributed by atoms with Gasteiger partial charge in [-0.25, -0.2) is 0 Å². The third-order valence-corrected chi connectivity index (χ3v) is 2.78. The van der Waals surface area contributed by atoms with Crippen LogP contribution in [0.1, 0.15) is 20.3 Å². The van der Waals surface area contributed by atoms with Gasteiger partial charge in [0.15, 0.2) is 0 Å². The van der Waals surface area contributed by atoms with Crippen molar-refractivity contribution in [3.05, 3.63) is 11.6 Å². The summed E-state index contributed by atoms with van der Waals surface area (Å²) in [5, 5.41) is 0. The lowest BCUT2D eigenvalue weighted by Gasteiger charge is -2.21. The molecule has 1 unspecified atom stereocenters. The first-order chi connectivity index (χ1) is 6.59. The van der Waals surface area contributed by atoms with Gasteiger partial charge >= 0.3 is 5.97 Å². The molecule has 2 atom stereocenters. The van der Waals surface area contributed by atoms with Crippen molar-refractivity contribution < 1.29 is 14.3 Å². The van der Waals surface area contributed by atoms with Gasteiger partial charge in [-0.2, -0.15) is 0 Å². The molecule has 1 saturated heterocycles. The van der Waals surface area contributed by atoms with Crippen LogP contribution in [0.2, 0.25) is 0 Å². The Hall–Kier alpha value is -1.32. The molecule has 0 N–H and O–H groups in total. The molecule has 0 aliphatic carbocycles. The molecule has 0 spiro atoms. The van der Waals surface area contributed by atoms with Crippen molar-refractivity contribution in [1.82, 2.24) is 4.90 Å². The summed E-state index contributed by atoms with van der Waals surface area (Å²) in [4.78, 5) is 24.1. The van der Waals surface area contributed by atoms with Gasteiger partial charge in [0.25, 0.3) is 0 Å². The van der Waals surface area contributed by atoms with E-state index < -0.39 is 0 Å². The van der Waals surface area contributed by atoms with Crippen molar-refractivity contribution in [3.8, 4) is 0 Å². The van der Waals surface area contributed by atoms with E-state index in [0.29, 0.717) is 13.0 Å². The predicted octanol–water partition coefficient (Wildman–Crippen LogP) is 0.479. The summed E-state index contributed by atoms with van der Waals surface area (Å²) in [7, 11) is 0. The number of esters is 1. The molecule has 14 heavy (non-hydrogen) atoms. The zero-order valence-electron chi connectivity index (χ0n) is 8.32. The lowest BCUT2D eigenvalue weighted by Crippen LogP contribution is -2.35. The molecule has 2 aliphatic rings. The second-order valence-electron chi connectivity index (χ2n) is 3.79. The summed E-state index contributed by atoms with van der Waals surface area (Å²) < 4.78 is 5.12. The summed E-state index contributed by atoms with van der Waals surface area (Å²) in [6, 6.07) is -0.00796. The lowest BCUT2D eigenvalue weighted by molar-refractivity contribution is -0.146. The van der Waals surface area contributed by atoms with Crippen LogP contribution in [-0.2, 0) is 14.3 Å². The van der Waals surface area contributed by atoms with E-state index in [-0.39, 0.29) is 24.0 Å². The largest absolute Gasteiger partial charge is 0.459 e. The van der Waals surface area contributed by atoms with Crippen LogP contribution in [0.4, 0.5) is 0 Å². The van der Waals surface area contributed by atoms with Crippen LogP contribution in [0, 0.1) is 0 Å². The molecule has 4 nitrogen and oxygen atoms in total. The van der Waals surface area contributed by atoms with Crippen molar-refractivity contribution in [2.24, 2.45) is 0 Å². The van der Waals surface area contributed by atoms with E-state index in [1.807, 2.05) is 13.0 Å². The molecule has 1 fully saturated rings. The lowest BCUT2D eigenvalue weighted by atomic mass is 10.1. The molecular formula is C10H13NO3. The third-order valence-electron chi connectivity index (χ3n) is 2.78. The second-order valence-corrected chi connectivity index (χ2v) is 3.79. The van der Waals surface area contributed by atoms with Gasteiger partial charge in [-0.1, -0.05) is 6.08 Å². The van der Waals surface area contributed by atoms with Gasteiger partial charge in [-0.05, 0) is 12.5 Å². The van der Waals surface area contributed by atoms with Crippen LogP contribution in [-0.4, -0.2) is 35.5 Å². The molecule has 0 saturated carbocycles. The van der Waals surface area contributed by atoms with Crippen molar-refractivity contribution in [2.45, 2.75) is 32.4 Å². The first-order valence-electron chi connectivity index (χ1n) is 4.73. The van der Waals surface area contributed by atoms with Gasteiger partial charge in [0.05, 0.1) is 12.5 Å². The molecule has 2 heterocycles. The van der Waals surface area contributed by atoms with Gasteiger partial charge in [-0.15, -0.1) is 0 Å². The molecule has 1 amide bonds. The number of hydrogen-bond donors (Lipinski definition) is 0. The van der Waals surface area contributed by atoms with E-state index in [1.165, 1.54) is 6.92 Å². The van der Waals surface area contributed by atoms with Crippen LogP contribution in [0.15, 0.2) is 11.6 Å². The van der Waals surface area contributed by atoms with Crippen LogP contribution in [0.5, 0.6) is 0 Å². The number of nitrogens with zero attached hydrogens (tertiary/aromatic N) is 1. The minimum atomic E-state index is -0.315. The number of carbonyl (C=O) groups is 2. The van der Waals surface area contributed by atoms with E-state index in [0.717, 1.165) is 5.57 Å². The van der Waals surface area contributed by atoms with Gasteiger partial charge in [0, 0.05) is 13.5 Å². The minimum Gasteiger partial charge on any atom is -0.459 e. The monoisotopic (exact) mass is 195 g/mol. The Kier molecular flexibility index (Phi) is 2.06. The zero-order chi connectivity index (χ0) is 10.3. The maximum absolute atomic E-state index is 11.5. The number of fused-ring (bicyclic) bond motifs is 1. The summed E-state index contributed by atoms with van der Waals surface area (Å²) in [5.41, 5.74) is 1.13. The van der Waals surface area contributed by atoms with Crippen molar-refractivity contribution in [2.75, 3.05) is 6.54 Å². The number of ether oxygens (including phenoxy) is 1. The van der Waals surface area contributed by atoms with Crippen molar-refractivity contribution in [1.29, 1.82) is 0 Å². The van der Waals surface area contributed by atoms with E-state index in [9.17, 15) is 9.59 Å². The molecule has 2 rings (SSSR count). The minimum absolute atomic E-state index is 0.00796. The van der Waals surface area contributed by atoms with Gasteiger partial charge in [0.1, 0.15) is 6.10 Å². The Bertz CT molecular complexity index is 319. The summed E-state index contributed by atoms with van der Waals surface area (Å²) >= 11 is 0. The van der Waals surface area contributed by atoms with Gasteiger partial charge in [0.2, 0.25) is 5.91 Å². The molecular weight excluding hydrogens is 182 g/mol. The molecule has 4 heteroatoms. The highest BCUT2D eigenvalue weighted by molar-refractivity contribution is 5.82. The summed E-state index contributed by atoms with van der Waals surface area (Å²) in [6.45, 7) is 4.01. The van der Waals surface area contributed by atoms with E-state index in [2.05, 4.69) is 0 Å². The number of hydrogen-bond acceptors (Lipinski definition) is 3. The Labute approximate surface area is 82.5 Å². The predicted molar refractivity (Wildman–Crippen MR) is 49.4 cm³/mol. The standard InChI is InChI=1S/C10H13NO3/c1-6-3-4-11-9(13)5-8(10(6)11)14-7(2)12/h3,8,10H,4-5H2,1-2H3/t8-,10?/m0/s1. The first kappa shape index (κ1) is 9.24. The quantitative estimate of drug-likeness (QED) is 0.451. The van der Waals surface area contributed by atoms with Crippen LogP contribution in [0.3, 0.4) is 0 Å². The average Bonchev–Trinajstić information content (AvgIpc) is 2.56. The first-order valence-corrected chi connectivity index (χ1v) is 4.73. The Morgan fingerprint density at radius 3 is 3.00 bits per heavy atom. The Morgan fingerprint density at radius 2 is 2.36 bits per heavy atom. The topological polar surface area (TPSA) is 46.6 Å². The highest BCUT2D eigenvalue weighted by Crippen LogP contribution is 2.31. The average molecular weight is 195 g/mol. The van der Waals surface area contributed by atoms with Crippen LogP contribution < -0.4 is 0 Å². The Balaban J connectivity index is 2.16. The fraction of sp³-hybridized carbons (Fsp3) is 0.600. The molecule has 0 radical (unpaired) electrons. The van der Waals surface area contributed by atoms with E-state index in [4.69, 9.17) is 4.74 Å². The fourth-order valence-electron chi connectivity index (χ4n) is 2.19. The third kappa shape index (κ3) is 1.31. The molecule has 0 aromatic heterocycles. The number of rotatable bonds is 1. The smallest absolute Gasteiger partial charge is 0.303 e. The molecule has 76 valence electrons. The summed E-state index contributed by atoms with van der Waals surface area (Å²) in [5.74, 6) is -0.237. The van der Waals surface area contributed by atoms with Crippen molar-refractivity contribution >= 4 is 11.9 Å². The van der Waals surface area contributed by atoms with Gasteiger partial charge in [-0.3, -0.25) is 9.59 Å². The van der Waals surface area contributed by atoms with Crippen LogP contribution >= 0.6 is 0 Å². The Morgan fingerprint density at radius 1 is 1.64 bits per heavy atom.